The van der Waals surface area contributed by atoms with Crippen molar-refractivity contribution in [3.63, 3.8) is 0 Å². The summed E-state index contributed by atoms with van der Waals surface area (Å²) in [5, 5.41) is 10.4. The number of nitrogens with zero attached hydrogens (tertiary/aromatic N) is 2. The summed E-state index contributed by atoms with van der Waals surface area (Å²) < 4.78 is 10.4. The van der Waals surface area contributed by atoms with E-state index >= 15 is 0 Å². The van der Waals surface area contributed by atoms with Crippen molar-refractivity contribution in [1.29, 1.82) is 0 Å². The number of rotatable bonds is 7. The Morgan fingerprint density at radius 3 is 2.52 bits per heavy atom. The highest BCUT2D eigenvalue weighted by atomic mass is 32.2. The Morgan fingerprint density at radius 2 is 1.87 bits per heavy atom. The summed E-state index contributed by atoms with van der Waals surface area (Å²) in [5.74, 6) is -0.0957. The standard InChI is InChI=1S/C23H24N2O5S/c1-4-25-21(27)20(14-15-7-12-18(26)19(13-15)29-5-2)31-23(25)24-17-10-8-16(9-11-17)22(28)30-6-3/h7-14,26H,4-6H2,1-3H3/b20-14-,24-23?. The maximum absolute atomic E-state index is 12.8. The lowest BCUT2D eigenvalue weighted by Gasteiger charge is -2.12. The first-order valence-electron chi connectivity index (χ1n) is 9.99. The molecule has 0 atom stereocenters. The van der Waals surface area contributed by atoms with Crippen LogP contribution >= 0.6 is 11.8 Å². The van der Waals surface area contributed by atoms with Crippen LogP contribution in [-0.4, -0.2) is 46.8 Å². The van der Waals surface area contributed by atoms with Crippen LogP contribution in [0.1, 0.15) is 36.7 Å². The van der Waals surface area contributed by atoms with Crippen LogP contribution < -0.4 is 4.74 Å². The molecule has 1 aliphatic rings. The Balaban J connectivity index is 1.85. The topological polar surface area (TPSA) is 88.4 Å². The lowest BCUT2D eigenvalue weighted by Crippen LogP contribution is -2.28. The highest BCUT2D eigenvalue weighted by Gasteiger charge is 2.32. The number of likely N-dealkylation sites (N-methyl/N-ethyl adjacent to an activating group) is 1. The zero-order valence-corrected chi connectivity index (χ0v) is 18.4. The van der Waals surface area contributed by atoms with Crippen molar-refractivity contribution in [2.24, 2.45) is 4.99 Å². The number of phenols is 1. The van der Waals surface area contributed by atoms with Gasteiger partial charge in [0.25, 0.3) is 5.91 Å². The van der Waals surface area contributed by atoms with E-state index in [1.54, 1.807) is 60.4 Å². The molecule has 0 aromatic heterocycles. The van der Waals surface area contributed by atoms with E-state index in [-0.39, 0.29) is 17.6 Å². The van der Waals surface area contributed by atoms with Gasteiger partial charge < -0.3 is 14.6 Å². The average molecular weight is 441 g/mol. The number of hydrogen-bond donors (Lipinski definition) is 1. The third-order valence-electron chi connectivity index (χ3n) is 4.39. The summed E-state index contributed by atoms with van der Waals surface area (Å²) >= 11 is 1.28. The first-order chi connectivity index (χ1) is 15.0. The third kappa shape index (κ3) is 5.27. The summed E-state index contributed by atoms with van der Waals surface area (Å²) in [6.45, 7) is 6.69. The van der Waals surface area contributed by atoms with E-state index in [2.05, 4.69) is 4.99 Å². The van der Waals surface area contributed by atoms with Gasteiger partial charge in [-0.05, 0) is 80.6 Å². The predicted octanol–water partition coefficient (Wildman–Crippen LogP) is 4.59. The lowest BCUT2D eigenvalue weighted by molar-refractivity contribution is -0.122. The Labute approximate surface area is 185 Å². The second-order valence-corrected chi connectivity index (χ2v) is 7.49. The van der Waals surface area contributed by atoms with E-state index < -0.39 is 0 Å². The van der Waals surface area contributed by atoms with E-state index in [0.29, 0.717) is 46.8 Å². The number of aliphatic imine (C=N–C) groups is 1. The number of amidine groups is 1. The molecule has 1 aliphatic heterocycles. The number of thioether (sulfide) groups is 1. The predicted molar refractivity (Wildman–Crippen MR) is 122 cm³/mol. The number of ether oxygens (including phenoxy) is 2. The van der Waals surface area contributed by atoms with Gasteiger partial charge in [-0.1, -0.05) is 6.07 Å². The number of carbonyl (C=O) groups is 2. The molecule has 31 heavy (non-hydrogen) atoms. The summed E-state index contributed by atoms with van der Waals surface area (Å²) in [5.41, 5.74) is 1.82. The lowest BCUT2D eigenvalue weighted by atomic mass is 10.2. The number of carbonyl (C=O) groups excluding carboxylic acids is 2. The maximum Gasteiger partial charge on any atom is 0.338 e. The molecule has 2 aromatic carbocycles. The van der Waals surface area contributed by atoms with Gasteiger partial charge in [0.1, 0.15) is 0 Å². The molecule has 1 amide bonds. The van der Waals surface area contributed by atoms with Gasteiger partial charge in [0.05, 0.1) is 29.4 Å². The van der Waals surface area contributed by atoms with Crippen LogP contribution in [0.2, 0.25) is 0 Å². The molecule has 0 bridgehead atoms. The number of aromatic hydroxyl groups is 1. The first kappa shape index (κ1) is 22.4. The largest absolute Gasteiger partial charge is 0.504 e. The minimum absolute atomic E-state index is 0.0538. The van der Waals surface area contributed by atoms with Gasteiger partial charge >= 0.3 is 5.97 Å². The Hall–Kier alpha value is -3.26. The van der Waals surface area contributed by atoms with Gasteiger partial charge in [-0.2, -0.15) is 0 Å². The van der Waals surface area contributed by atoms with Crippen LogP contribution in [0.5, 0.6) is 11.5 Å². The van der Waals surface area contributed by atoms with E-state index in [1.165, 1.54) is 11.8 Å². The quantitative estimate of drug-likeness (QED) is 0.500. The normalized spacial score (nSPS) is 16.2. The van der Waals surface area contributed by atoms with Gasteiger partial charge in [0.15, 0.2) is 16.7 Å². The molecule has 0 saturated carbocycles. The minimum Gasteiger partial charge on any atom is -0.504 e. The molecule has 3 rings (SSSR count). The molecule has 0 aliphatic carbocycles. The molecule has 1 saturated heterocycles. The van der Waals surface area contributed by atoms with E-state index in [1.807, 2.05) is 13.8 Å². The number of amides is 1. The molecular weight excluding hydrogens is 416 g/mol. The summed E-state index contributed by atoms with van der Waals surface area (Å²) in [7, 11) is 0. The third-order valence-corrected chi connectivity index (χ3v) is 5.40. The van der Waals surface area contributed by atoms with Gasteiger partial charge in [0.2, 0.25) is 0 Å². The molecule has 1 heterocycles. The SMILES string of the molecule is CCOC(=O)c1ccc(N=C2S/C(=C\c3ccc(O)c(OCC)c3)C(=O)N2CC)cc1. The van der Waals surface area contributed by atoms with Crippen LogP contribution in [0.25, 0.3) is 6.08 Å². The molecule has 1 N–H and O–H groups in total. The van der Waals surface area contributed by atoms with E-state index in [0.717, 1.165) is 5.56 Å². The Kier molecular flexibility index (Phi) is 7.36. The minimum atomic E-state index is -0.382. The van der Waals surface area contributed by atoms with Crippen molar-refractivity contribution in [2.75, 3.05) is 19.8 Å². The first-order valence-corrected chi connectivity index (χ1v) is 10.8. The molecule has 8 heteroatoms. The van der Waals surface area contributed by atoms with Crippen molar-refractivity contribution in [2.45, 2.75) is 20.8 Å². The van der Waals surface area contributed by atoms with Gasteiger partial charge in [-0.15, -0.1) is 0 Å². The molecule has 1 fully saturated rings. The zero-order chi connectivity index (χ0) is 22.4. The molecule has 0 unspecified atom stereocenters. The van der Waals surface area contributed by atoms with Crippen LogP contribution in [0, 0.1) is 0 Å². The fourth-order valence-electron chi connectivity index (χ4n) is 2.91. The molecule has 7 nitrogen and oxygen atoms in total. The summed E-state index contributed by atoms with van der Waals surface area (Å²) in [6.07, 6.45) is 1.75. The van der Waals surface area contributed by atoms with E-state index in [9.17, 15) is 14.7 Å². The molecule has 0 spiro atoms. The van der Waals surface area contributed by atoms with Crippen LogP contribution in [-0.2, 0) is 9.53 Å². The van der Waals surface area contributed by atoms with Crippen molar-refractivity contribution in [3.8, 4) is 11.5 Å². The highest BCUT2D eigenvalue weighted by Crippen LogP contribution is 2.35. The molecule has 0 radical (unpaired) electrons. The van der Waals surface area contributed by atoms with Crippen molar-refractivity contribution in [3.05, 3.63) is 58.5 Å². The fourth-order valence-corrected chi connectivity index (χ4v) is 3.97. The van der Waals surface area contributed by atoms with Crippen LogP contribution in [0.15, 0.2) is 52.4 Å². The molecular formula is C23H24N2O5S. The van der Waals surface area contributed by atoms with Gasteiger partial charge in [0, 0.05) is 6.54 Å². The monoisotopic (exact) mass is 440 g/mol. The molecule has 2 aromatic rings. The number of phenolic OH excluding ortho intramolecular Hbond substituents is 1. The summed E-state index contributed by atoms with van der Waals surface area (Å²) in [6, 6.07) is 11.7. The van der Waals surface area contributed by atoms with Crippen molar-refractivity contribution in [1.82, 2.24) is 4.90 Å². The van der Waals surface area contributed by atoms with Crippen molar-refractivity contribution < 1.29 is 24.2 Å². The van der Waals surface area contributed by atoms with E-state index in [4.69, 9.17) is 9.47 Å². The zero-order valence-electron chi connectivity index (χ0n) is 17.6. The Morgan fingerprint density at radius 1 is 1.13 bits per heavy atom. The fraction of sp³-hybridized carbons (Fsp3) is 0.261. The number of esters is 1. The van der Waals surface area contributed by atoms with Gasteiger partial charge in [-0.3, -0.25) is 9.69 Å². The molecule has 162 valence electrons. The smallest absolute Gasteiger partial charge is 0.338 e. The summed E-state index contributed by atoms with van der Waals surface area (Å²) in [4.78, 5) is 31.4. The van der Waals surface area contributed by atoms with Crippen LogP contribution in [0.3, 0.4) is 0 Å². The Bertz CT molecular complexity index is 1030. The number of hydrogen-bond acceptors (Lipinski definition) is 7. The number of benzene rings is 2. The maximum atomic E-state index is 12.8. The second-order valence-electron chi connectivity index (χ2n) is 6.48. The van der Waals surface area contributed by atoms with Crippen molar-refractivity contribution >= 4 is 40.6 Å². The average Bonchev–Trinajstić information content (AvgIpc) is 3.05. The second kappa shape index (κ2) is 10.2. The van der Waals surface area contributed by atoms with Gasteiger partial charge in [-0.25, -0.2) is 9.79 Å². The highest BCUT2D eigenvalue weighted by molar-refractivity contribution is 8.18. The van der Waals surface area contributed by atoms with Crippen LogP contribution in [0.4, 0.5) is 5.69 Å².